The smallest absolute Gasteiger partial charge is 0.275 e. The first-order valence-electron chi connectivity index (χ1n) is 5.13. The molecule has 7 heteroatoms. The molecule has 0 bridgehead atoms. The standard InChI is InChI=1S/C11H12N4OS2/c12-7-1-4-10(14-5-7)17-6-8-2-3-9(18-8)11(16)15-13/h1-5H,6,12-13H2,(H,15,16). The zero-order valence-electron chi connectivity index (χ0n) is 9.42. The number of anilines is 1. The van der Waals surface area contributed by atoms with Gasteiger partial charge < -0.3 is 5.73 Å². The van der Waals surface area contributed by atoms with Crippen molar-refractivity contribution >= 4 is 34.7 Å². The van der Waals surface area contributed by atoms with Crippen LogP contribution in [0.15, 0.2) is 35.5 Å². The molecule has 0 fully saturated rings. The zero-order valence-corrected chi connectivity index (χ0v) is 11.1. The molecule has 5 nitrogen and oxygen atoms in total. The number of thiophene rings is 1. The number of rotatable bonds is 4. The van der Waals surface area contributed by atoms with E-state index in [1.54, 1.807) is 24.0 Å². The number of carbonyl (C=O) groups excluding carboxylic acids is 1. The largest absolute Gasteiger partial charge is 0.397 e. The molecule has 0 saturated carbocycles. The lowest BCUT2D eigenvalue weighted by Gasteiger charge is -1.99. The summed E-state index contributed by atoms with van der Waals surface area (Å²) in [7, 11) is 0. The number of hydrazine groups is 1. The number of nitrogens with one attached hydrogen (secondary N) is 1. The van der Waals surface area contributed by atoms with Crippen molar-refractivity contribution in [2.45, 2.75) is 10.8 Å². The topological polar surface area (TPSA) is 94.0 Å². The molecule has 2 aromatic rings. The Morgan fingerprint density at radius 2 is 2.22 bits per heavy atom. The Bertz CT molecular complexity index is 538. The van der Waals surface area contributed by atoms with Gasteiger partial charge in [0.2, 0.25) is 0 Å². The number of carbonyl (C=O) groups is 1. The van der Waals surface area contributed by atoms with Gasteiger partial charge in [0.05, 0.1) is 21.8 Å². The van der Waals surface area contributed by atoms with Crippen LogP contribution in [0.4, 0.5) is 5.69 Å². The lowest BCUT2D eigenvalue weighted by molar-refractivity contribution is 0.0957. The van der Waals surface area contributed by atoms with E-state index in [-0.39, 0.29) is 5.91 Å². The Kier molecular flexibility index (Phi) is 4.19. The maximum Gasteiger partial charge on any atom is 0.275 e. The molecule has 18 heavy (non-hydrogen) atoms. The van der Waals surface area contributed by atoms with Crippen molar-refractivity contribution in [3.8, 4) is 0 Å². The summed E-state index contributed by atoms with van der Waals surface area (Å²) in [5, 5.41) is 0.905. The third-order valence-corrected chi connectivity index (χ3v) is 4.40. The van der Waals surface area contributed by atoms with Crippen LogP contribution in [0.3, 0.4) is 0 Å². The molecule has 0 saturated heterocycles. The number of nitrogens with zero attached hydrogens (tertiary/aromatic N) is 1. The van der Waals surface area contributed by atoms with E-state index in [0.29, 0.717) is 10.6 Å². The lowest BCUT2D eigenvalue weighted by atomic mass is 10.4. The van der Waals surface area contributed by atoms with Crippen LogP contribution in [0.25, 0.3) is 0 Å². The maximum atomic E-state index is 11.3. The molecular formula is C11H12N4OS2. The van der Waals surface area contributed by atoms with Crippen LogP contribution in [0.2, 0.25) is 0 Å². The van der Waals surface area contributed by atoms with Gasteiger partial charge in [0, 0.05) is 10.6 Å². The predicted molar refractivity (Wildman–Crippen MR) is 74.2 cm³/mol. The molecule has 2 heterocycles. The number of amides is 1. The van der Waals surface area contributed by atoms with Crippen LogP contribution in [-0.2, 0) is 5.75 Å². The van der Waals surface area contributed by atoms with E-state index in [0.717, 1.165) is 15.7 Å². The fourth-order valence-electron chi connectivity index (χ4n) is 1.27. The van der Waals surface area contributed by atoms with E-state index in [1.807, 2.05) is 18.2 Å². The number of hydrogen-bond donors (Lipinski definition) is 3. The Morgan fingerprint density at radius 3 is 2.89 bits per heavy atom. The van der Waals surface area contributed by atoms with Gasteiger partial charge in [-0.1, -0.05) is 0 Å². The van der Waals surface area contributed by atoms with Gasteiger partial charge in [0.15, 0.2) is 0 Å². The second-order valence-corrected chi connectivity index (χ2v) is 5.62. The Balaban J connectivity index is 1.96. The van der Waals surface area contributed by atoms with Gasteiger partial charge in [-0.25, -0.2) is 10.8 Å². The molecule has 94 valence electrons. The normalized spacial score (nSPS) is 10.3. The predicted octanol–water partition coefficient (Wildman–Crippen LogP) is 1.62. The molecule has 2 rings (SSSR count). The van der Waals surface area contributed by atoms with Crippen LogP contribution in [0, 0.1) is 0 Å². The van der Waals surface area contributed by atoms with Crippen molar-refractivity contribution < 1.29 is 4.79 Å². The monoisotopic (exact) mass is 280 g/mol. The summed E-state index contributed by atoms with van der Waals surface area (Å²) < 4.78 is 0. The number of hydrogen-bond acceptors (Lipinski definition) is 6. The van der Waals surface area contributed by atoms with E-state index >= 15 is 0 Å². The third-order valence-electron chi connectivity index (χ3n) is 2.14. The van der Waals surface area contributed by atoms with E-state index in [9.17, 15) is 4.79 Å². The average Bonchev–Trinajstić information content (AvgIpc) is 2.86. The molecule has 5 N–H and O–H groups in total. The van der Waals surface area contributed by atoms with Crippen molar-refractivity contribution in [1.82, 2.24) is 10.4 Å². The van der Waals surface area contributed by atoms with Crippen molar-refractivity contribution in [3.63, 3.8) is 0 Å². The molecule has 1 amide bonds. The van der Waals surface area contributed by atoms with Crippen molar-refractivity contribution in [2.75, 3.05) is 5.73 Å². The summed E-state index contributed by atoms with van der Waals surface area (Å²) in [5.74, 6) is 5.57. The number of nitrogen functional groups attached to an aromatic ring is 2. The minimum atomic E-state index is -0.262. The van der Waals surface area contributed by atoms with E-state index in [2.05, 4.69) is 10.4 Å². The van der Waals surface area contributed by atoms with Gasteiger partial charge >= 0.3 is 0 Å². The lowest BCUT2D eigenvalue weighted by Crippen LogP contribution is -2.29. The first kappa shape index (κ1) is 12.9. The first-order valence-corrected chi connectivity index (χ1v) is 6.93. The quantitative estimate of drug-likeness (QED) is 0.342. The Morgan fingerprint density at radius 1 is 1.39 bits per heavy atom. The van der Waals surface area contributed by atoms with Crippen LogP contribution >= 0.6 is 23.1 Å². The second-order valence-electron chi connectivity index (χ2n) is 3.46. The molecule has 0 atom stereocenters. The highest BCUT2D eigenvalue weighted by Gasteiger charge is 2.07. The SMILES string of the molecule is NNC(=O)c1ccc(CSc2ccc(N)cn2)s1. The third kappa shape index (κ3) is 3.22. The number of nitrogens with two attached hydrogens (primary N) is 2. The summed E-state index contributed by atoms with van der Waals surface area (Å²) in [4.78, 5) is 17.2. The average molecular weight is 280 g/mol. The van der Waals surface area contributed by atoms with Gasteiger partial charge in [-0.2, -0.15) is 0 Å². The molecule has 0 aliphatic rings. The highest BCUT2D eigenvalue weighted by atomic mass is 32.2. The maximum absolute atomic E-state index is 11.3. The van der Waals surface area contributed by atoms with Crippen LogP contribution in [0.1, 0.15) is 14.5 Å². The Labute approximate surface area is 113 Å². The van der Waals surface area contributed by atoms with E-state index in [1.165, 1.54) is 11.3 Å². The van der Waals surface area contributed by atoms with Gasteiger partial charge in [-0.15, -0.1) is 23.1 Å². The molecule has 0 aliphatic heterocycles. The number of aromatic nitrogens is 1. The summed E-state index contributed by atoms with van der Waals surface area (Å²) in [5.41, 5.74) is 8.32. The molecule has 0 spiro atoms. The summed E-state index contributed by atoms with van der Waals surface area (Å²) >= 11 is 3.02. The van der Waals surface area contributed by atoms with Crippen LogP contribution in [-0.4, -0.2) is 10.9 Å². The molecule has 0 radical (unpaired) electrons. The fraction of sp³-hybridized carbons (Fsp3) is 0.0909. The zero-order chi connectivity index (χ0) is 13.0. The van der Waals surface area contributed by atoms with Gasteiger partial charge in [0.25, 0.3) is 5.91 Å². The summed E-state index contributed by atoms with van der Waals surface area (Å²) in [6, 6.07) is 7.37. The van der Waals surface area contributed by atoms with Crippen LogP contribution < -0.4 is 17.0 Å². The van der Waals surface area contributed by atoms with E-state index in [4.69, 9.17) is 11.6 Å². The van der Waals surface area contributed by atoms with E-state index < -0.39 is 0 Å². The van der Waals surface area contributed by atoms with Gasteiger partial charge in [-0.3, -0.25) is 10.2 Å². The Hall–Kier alpha value is -1.57. The minimum Gasteiger partial charge on any atom is -0.397 e. The summed E-state index contributed by atoms with van der Waals surface area (Å²) in [6.45, 7) is 0. The molecular weight excluding hydrogens is 268 g/mol. The fourth-order valence-corrected chi connectivity index (χ4v) is 3.07. The first-order chi connectivity index (χ1) is 8.69. The molecule has 0 unspecified atom stereocenters. The van der Waals surface area contributed by atoms with Gasteiger partial charge in [-0.05, 0) is 24.3 Å². The van der Waals surface area contributed by atoms with Crippen molar-refractivity contribution in [1.29, 1.82) is 0 Å². The number of thioether (sulfide) groups is 1. The highest BCUT2D eigenvalue weighted by molar-refractivity contribution is 7.98. The second kappa shape index (κ2) is 5.85. The molecule has 2 aromatic heterocycles. The van der Waals surface area contributed by atoms with Crippen molar-refractivity contribution in [2.24, 2.45) is 5.84 Å². The van der Waals surface area contributed by atoms with Crippen LogP contribution in [0.5, 0.6) is 0 Å². The molecule has 0 aliphatic carbocycles. The molecule has 0 aromatic carbocycles. The van der Waals surface area contributed by atoms with Crippen molar-refractivity contribution in [3.05, 3.63) is 40.2 Å². The highest BCUT2D eigenvalue weighted by Crippen LogP contribution is 2.25. The summed E-state index contributed by atoms with van der Waals surface area (Å²) in [6.07, 6.45) is 1.63. The van der Waals surface area contributed by atoms with Gasteiger partial charge in [0.1, 0.15) is 0 Å². The minimum absolute atomic E-state index is 0.262. The number of pyridine rings is 1.